The Kier molecular flexibility index (Phi) is 5.53. The molecule has 0 saturated carbocycles. The molecule has 0 aliphatic carbocycles. The van der Waals surface area contributed by atoms with Crippen LogP contribution in [-0.2, 0) is 6.61 Å². The Morgan fingerprint density at radius 2 is 2.08 bits per heavy atom. The molecule has 0 bridgehead atoms. The van der Waals surface area contributed by atoms with E-state index in [-0.39, 0.29) is 12.4 Å². The quantitative estimate of drug-likeness (QED) is 0.425. The van der Waals surface area contributed by atoms with E-state index in [2.05, 4.69) is 4.98 Å². The average Bonchev–Trinajstić information content (AvgIpc) is 3.07. The van der Waals surface area contributed by atoms with Gasteiger partial charge >= 0.3 is 0 Å². The van der Waals surface area contributed by atoms with Crippen LogP contribution in [0.5, 0.6) is 5.75 Å². The summed E-state index contributed by atoms with van der Waals surface area (Å²) in [6.45, 7) is 0.214. The fourth-order valence-electron chi connectivity index (χ4n) is 2.07. The van der Waals surface area contributed by atoms with Gasteiger partial charge in [-0.05, 0) is 54.6 Å². The van der Waals surface area contributed by atoms with Gasteiger partial charge in [0.1, 0.15) is 23.9 Å². The number of nitrogens with zero attached hydrogens (tertiary/aromatic N) is 1. The van der Waals surface area contributed by atoms with Gasteiger partial charge in [-0.1, -0.05) is 23.2 Å². The molecule has 6 heteroatoms. The van der Waals surface area contributed by atoms with Crippen molar-refractivity contribution in [2.24, 2.45) is 0 Å². The number of hydrogen-bond donors (Lipinski definition) is 0. The first-order valence-corrected chi connectivity index (χ1v) is 8.16. The molecule has 0 radical (unpaired) electrons. The Bertz CT molecular complexity index is 904. The van der Waals surface area contributed by atoms with Gasteiger partial charge < -0.3 is 9.15 Å². The van der Waals surface area contributed by atoms with Crippen molar-refractivity contribution in [3.05, 3.63) is 88.1 Å². The van der Waals surface area contributed by atoms with E-state index < -0.39 is 0 Å². The third-order valence-electron chi connectivity index (χ3n) is 3.29. The molecule has 2 aromatic heterocycles. The number of halogens is 2. The minimum atomic E-state index is -0.143. The van der Waals surface area contributed by atoms with Crippen LogP contribution in [0.4, 0.5) is 0 Å². The second-order valence-electron chi connectivity index (χ2n) is 5.11. The molecule has 1 aromatic carbocycles. The smallest absolute Gasteiger partial charge is 0.187 e. The van der Waals surface area contributed by atoms with Crippen LogP contribution in [-0.4, -0.2) is 10.8 Å². The molecule has 0 atom stereocenters. The maximum Gasteiger partial charge on any atom is 0.187 e. The van der Waals surface area contributed by atoms with Crippen molar-refractivity contribution < 1.29 is 13.9 Å². The molecule has 0 fully saturated rings. The van der Waals surface area contributed by atoms with Gasteiger partial charge in [0.15, 0.2) is 5.78 Å². The Labute approximate surface area is 154 Å². The number of ketones is 1. The minimum absolute atomic E-state index is 0.143. The summed E-state index contributed by atoms with van der Waals surface area (Å²) in [6.07, 6.45) is 6.18. The number of rotatable bonds is 6. The van der Waals surface area contributed by atoms with Crippen LogP contribution in [0, 0.1) is 0 Å². The van der Waals surface area contributed by atoms with E-state index in [4.69, 9.17) is 32.4 Å². The highest BCUT2D eigenvalue weighted by Gasteiger charge is 2.06. The van der Waals surface area contributed by atoms with Gasteiger partial charge in [-0.2, -0.15) is 0 Å². The summed E-state index contributed by atoms with van der Waals surface area (Å²) < 4.78 is 11.2. The summed E-state index contributed by atoms with van der Waals surface area (Å²) in [6, 6.07) is 12.0. The number of allylic oxidation sites excluding steroid dienone is 1. The van der Waals surface area contributed by atoms with Crippen LogP contribution in [0.25, 0.3) is 6.08 Å². The average molecular weight is 374 g/mol. The van der Waals surface area contributed by atoms with Crippen molar-refractivity contribution in [3.63, 3.8) is 0 Å². The molecule has 0 spiro atoms. The number of aromatic nitrogens is 1. The lowest BCUT2D eigenvalue weighted by atomic mass is 10.2. The monoisotopic (exact) mass is 373 g/mol. The molecular weight excluding hydrogens is 361 g/mol. The van der Waals surface area contributed by atoms with Crippen molar-refractivity contribution >= 4 is 35.1 Å². The zero-order valence-corrected chi connectivity index (χ0v) is 14.5. The first kappa shape index (κ1) is 17.3. The van der Waals surface area contributed by atoms with Crippen LogP contribution in [0.3, 0.4) is 0 Å². The molecule has 3 aromatic rings. The normalized spacial score (nSPS) is 11.0. The highest BCUT2D eigenvalue weighted by atomic mass is 35.5. The first-order chi connectivity index (χ1) is 12.1. The predicted octanol–water partition coefficient (Wildman–Crippen LogP) is 5.46. The number of benzene rings is 1. The van der Waals surface area contributed by atoms with Gasteiger partial charge in [0.25, 0.3) is 0 Å². The largest absolute Gasteiger partial charge is 0.484 e. The maximum absolute atomic E-state index is 12.0. The SMILES string of the molecule is O=C(/C=C/c1ccc(COc2ccc(Cl)cc2Cl)o1)c1cccnc1. The van der Waals surface area contributed by atoms with Gasteiger partial charge in [-0.25, -0.2) is 0 Å². The van der Waals surface area contributed by atoms with Gasteiger partial charge in [0.05, 0.1) is 5.02 Å². The summed E-state index contributed by atoms with van der Waals surface area (Å²) in [4.78, 5) is 15.9. The van der Waals surface area contributed by atoms with Crippen LogP contribution < -0.4 is 4.74 Å². The van der Waals surface area contributed by atoms with Crippen LogP contribution in [0.15, 0.2) is 65.4 Å². The highest BCUT2D eigenvalue weighted by molar-refractivity contribution is 6.35. The molecule has 25 heavy (non-hydrogen) atoms. The summed E-state index contributed by atoms with van der Waals surface area (Å²) in [7, 11) is 0. The molecule has 0 aliphatic rings. The fourth-order valence-corrected chi connectivity index (χ4v) is 2.53. The third-order valence-corrected chi connectivity index (χ3v) is 3.82. The minimum Gasteiger partial charge on any atom is -0.484 e. The number of ether oxygens (including phenoxy) is 1. The van der Waals surface area contributed by atoms with Crippen LogP contribution in [0.1, 0.15) is 21.9 Å². The van der Waals surface area contributed by atoms with E-state index >= 15 is 0 Å². The van der Waals surface area contributed by atoms with Crippen LogP contribution >= 0.6 is 23.2 Å². The van der Waals surface area contributed by atoms with Gasteiger partial charge in [0, 0.05) is 23.0 Å². The highest BCUT2D eigenvalue weighted by Crippen LogP contribution is 2.28. The molecule has 0 amide bonds. The Hall–Kier alpha value is -2.56. The molecule has 0 unspecified atom stereocenters. The predicted molar refractivity (Wildman–Crippen MR) is 97.1 cm³/mol. The third kappa shape index (κ3) is 4.72. The van der Waals surface area contributed by atoms with Crippen molar-refractivity contribution in [2.75, 3.05) is 0 Å². The molecule has 0 aliphatic heterocycles. The van der Waals surface area contributed by atoms with Crippen molar-refractivity contribution in [3.8, 4) is 5.75 Å². The number of furan rings is 1. The molecule has 3 rings (SSSR count). The summed E-state index contributed by atoms with van der Waals surface area (Å²) in [5.41, 5.74) is 0.520. The second-order valence-corrected chi connectivity index (χ2v) is 5.95. The molecule has 0 saturated heterocycles. The molecule has 0 N–H and O–H groups in total. The number of carbonyl (C=O) groups is 1. The topological polar surface area (TPSA) is 52.3 Å². The van der Waals surface area contributed by atoms with Crippen molar-refractivity contribution in [1.82, 2.24) is 4.98 Å². The van der Waals surface area contributed by atoms with E-state index in [0.29, 0.717) is 32.9 Å². The molecule has 2 heterocycles. The van der Waals surface area contributed by atoms with Gasteiger partial charge in [-0.3, -0.25) is 9.78 Å². The van der Waals surface area contributed by atoms with E-state index in [1.807, 2.05) is 0 Å². The summed E-state index contributed by atoms with van der Waals surface area (Å²) in [5, 5.41) is 0.974. The fraction of sp³-hybridized carbons (Fsp3) is 0.0526. The first-order valence-electron chi connectivity index (χ1n) is 7.41. The van der Waals surface area contributed by atoms with E-state index in [1.165, 1.54) is 12.3 Å². The maximum atomic E-state index is 12.0. The number of carbonyl (C=O) groups excluding carboxylic acids is 1. The molecule has 4 nitrogen and oxygen atoms in total. The Morgan fingerprint density at radius 1 is 1.20 bits per heavy atom. The van der Waals surface area contributed by atoms with Gasteiger partial charge in [0.2, 0.25) is 0 Å². The zero-order chi connectivity index (χ0) is 17.6. The summed E-state index contributed by atoms with van der Waals surface area (Å²) in [5.74, 6) is 1.54. The Balaban J connectivity index is 1.60. The second kappa shape index (κ2) is 8.01. The van der Waals surface area contributed by atoms with E-state index in [9.17, 15) is 4.79 Å². The van der Waals surface area contributed by atoms with Crippen molar-refractivity contribution in [2.45, 2.75) is 6.61 Å². The lowest BCUT2D eigenvalue weighted by molar-refractivity contribution is 0.104. The zero-order valence-electron chi connectivity index (χ0n) is 13.0. The lowest BCUT2D eigenvalue weighted by Crippen LogP contribution is -1.94. The molecule has 126 valence electrons. The van der Waals surface area contributed by atoms with Gasteiger partial charge in [-0.15, -0.1) is 0 Å². The Morgan fingerprint density at radius 3 is 2.84 bits per heavy atom. The van der Waals surface area contributed by atoms with E-state index in [0.717, 1.165) is 0 Å². The van der Waals surface area contributed by atoms with E-state index in [1.54, 1.807) is 54.7 Å². The number of hydrogen-bond acceptors (Lipinski definition) is 4. The number of pyridine rings is 1. The van der Waals surface area contributed by atoms with Crippen LogP contribution in [0.2, 0.25) is 10.0 Å². The molecular formula is C19H13Cl2NO3. The van der Waals surface area contributed by atoms with Crippen molar-refractivity contribution in [1.29, 1.82) is 0 Å². The standard InChI is InChI=1S/C19H13Cl2NO3/c20-14-3-8-19(17(21)10-14)24-12-16-5-4-15(25-16)6-7-18(23)13-2-1-9-22-11-13/h1-11H,12H2/b7-6+. The lowest BCUT2D eigenvalue weighted by Gasteiger charge is -2.06. The summed E-state index contributed by atoms with van der Waals surface area (Å²) >= 11 is 11.9.